The van der Waals surface area contributed by atoms with Gasteiger partial charge in [0.25, 0.3) is 0 Å². The molecule has 1 saturated carbocycles. The first kappa shape index (κ1) is 21.8. The lowest BCUT2D eigenvalue weighted by Crippen LogP contribution is -2.42. The van der Waals surface area contributed by atoms with Crippen molar-refractivity contribution >= 4 is 35.8 Å². The van der Waals surface area contributed by atoms with Crippen molar-refractivity contribution < 1.29 is 9.21 Å². The molecule has 0 saturated heterocycles. The summed E-state index contributed by atoms with van der Waals surface area (Å²) in [4.78, 5) is 16.6. The number of amides is 1. The topological polar surface area (TPSA) is 78.7 Å². The molecule has 1 aromatic rings. The Labute approximate surface area is 167 Å². The highest BCUT2D eigenvalue weighted by Gasteiger charge is 2.20. The summed E-state index contributed by atoms with van der Waals surface area (Å²) in [7, 11) is 0. The van der Waals surface area contributed by atoms with Crippen LogP contribution in [0.25, 0.3) is 0 Å². The Morgan fingerprint density at radius 2 is 1.96 bits per heavy atom. The minimum atomic E-state index is 0. The van der Waals surface area contributed by atoms with E-state index in [0.29, 0.717) is 19.6 Å². The fourth-order valence-corrected chi connectivity index (χ4v) is 2.95. The van der Waals surface area contributed by atoms with Gasteiger partial charge in [0.05, 0.1) is 6.26 Å². The second kappa shape index (κ2) is 13.0. The second-order valence-corrected chi connectivity index (χ2v) is 6.14. The molecule has 0 spiro atoms. The number of rotatable bonds is 8. The van der Waals surface area contributed by atoms with Gasteiger partial charge in [-0.2, -0.15) is 0 Å². The summed E-state index contributed by atoms with van der Waals surface area (Å²) in [6.45, 7) is 4.80. The maximum absolute atomic E-state index is 12.1. The molecule has 0 unspecified atom stereocenters. The minimum Gasteiger partial charge on any atom is -0.469 e. The van der Waals surface area contributed by atoms with E-state index >= 15 is 0 Å². The minimum absolute atomic E-state index is 0. The largest absolute Gasteiger partial charge is 0.469 e. The van der Waals surface area contributed by atoms with Crippen LogP contribution in [0.4, 0.5) is 0 Å². The molecule has 1 amide bonds. The van der Waals surface area contributed by atoms with E-state index in [1.165, 1.54) is 19.3 Å². The number of nitrogens with one attached hydrogen (secondary N) is 3. The van der Waals surface area contributed by atoms with Crippen LogP contribution in [0.1, 0.15) is 44.8 Å². The molecule has 142 valence electrons. The van der Waals surface area contributed by atoms with Crippen LogP contribution in [0.5, 0.6) is 0 Å². The SMILES string of the molecule is CCNC(=NCCc1ccco1)NCCNC(=O)C1CCCCC1.I. The molecule has 0 atom stereocenters. The summed E-state index contributed by atoms with van der Waals surface area (Å²) in [6.07, 6.45) is 8.17. The molecule has 1 heterocycles. The van der Waals surface area contributed by atoms with Gasteiger partial charge in [0, 0.05) is 38.5 Å². The van der Waals surface area contributed by atoms with Crippen LogP contribution in [0.15, 0.2) is 27.8 Å². The summed E-state index contributed by atoms with van der Waals surface area (Å²) < 4.78 is 5.30. The number of guanidine groups is 1. The summed E-state index contributed by atoms with van der Waals surface area (Å²) in [5.41, 5.74) is 0. The highest BCUT2D eigenvalue weighted by atomic mass is 127. The molecular formula is C18H31IN4O2. The molecule has 6 nitrogen and oxygen atoms in total. The highest BCUT2D eigenvalue weighted by molar-refractivity contribution is 14.0. The van der Waals surface area contributed by atoms with Gasteiger partial charge in [-0.1, -0.05) is 19.3 Å². The fourth-order valence-electron chi connectivity index (χ4n) is 2.95. The number of furan rings is 1. The standard InChI is InChI=1S/C18H30N4O2.HI/c1-2-19-18(21-11-10-16-9-6-14-24-16)22-13-12-20-17(23)15-7-4-3-5-8-15;/h6,9,14-15H,2-5,7-8,10-13H2,1H3,(H,20,23)(H2,19,21,22);1H. The number of halogens is 1. The third-order valence-corrected chi connectivity index (χ3v) is 4.25. The molecule has 2 rings (SSSR count). The molecule has 25 heavy (non-hydrogen) atoms. The predicted octanol–water partition coefficient (Wildman–Crippen LogP) is 2.69. The lowest BCUT2D eigenvalue weighted by molar-refractivity contribution is -0.125. The number of nitrogens with zero attached hydrogens (tertiary/aromatic N) is 1. The average Bonchev–Trinajstić information content (AvgIpc) is 3.12. The number of hydrogen-bond donors (Lipinski definition) is 3. The number of carbonyl (C=O) groups excluding carboxylic acids is 1. The molecule has 1 aliphatic carbocycles. The van der Waals surface area contributed by atoms with Crippen molar-refractivity contribution in [3.05, 3.63) is 24.2 Å². The van der Waals surface area contributed by atoms with E-state index in [1.807, 2.05) is 19.1 Å². The van der Waals surface area contributed by atoms with Gasteiger partial charge in [0.15, 0.2) is 5.96 Å². The molecule has 1 aliphatic rings. The maximum Gasteiger partial charge on any atom is 0.223 e. The quantitative estimate of drug-likeness (QED) is 0.240. The summed E-state index contributed by atoms with van der Waals surface area (Å²) in [6, 6.07) is 3.84. The van der Waals surface area contributed by atoms with Crippen LogP contribution >= 0.6 is 24.0 Å². The molecule has 1 aromatic heterocycles. The average molecular weight is 462 g/mol. The molecular weight excluding hydrogens is 431 g/mol. The molecule has 7 heteroatoms. The maximum atomic E-state index is 12.1. The highest BCUT2D eigenvalue weighted by Crippen LogP contribution is 2.23. The first-order valence-electron chi connectivity index (χ1n) is 9.12. The summed E-state index contributed by atoms with van der Waals surface area (Å²) in [5, 5.41) is 9.49. The lowest BCUT2D eigenvalue weighted by Gasteiger charge is -2.21. The zero-order valence-corrected chi connectivity index (χ0v) is 17.4. The van der Waals surface area contributed by atoms with Crippen molar-refractivity contribution in [2.24, 2.45) is 10.9 Å². The van der Waals surface area contributed by atoms with Gasteiger partial charge in [0.2, 0.25) is 5.91 Å². The van der Waals surface area contributed by atoms with E-state index < -0.39 is 0 Å². The van der Waals surface area contributed by atoms with Crippen LogP contribution in [0.2, 0.25) is 0 Å². The van der Waals surface area contributed by atoms with Crippen LogP contribution in [-0.4, -0.2) is 38.0 Å². The van der Waals surface area contributed by atoms with Crippen molar-refractivity contribution in [1.29, 1.82) is 0 Å². The normalized spacial score (nSPS) is 15.3. The van der Waals surface area contributed by atoms with Crippen molar-refractivity contribution in [1.82, 2.24) is 16.0 Å². The van der Waals surface area contributed by atoms with Crippen LogP contribution < -0.4 is 16.0 Å². The van der Waals surface area contributed by atoms with E-state index in [-0.39, 0.29) is 35.8 Å². The van der Waals surface area contributed by atoms with Crippen molar-refractivity contribution in [2.75, 3.05) is 26.2 Å². The Morgan fingerprint density at radius 1 is 1.20 bits per heavy atom. The second-order valence-electron chi connectivity index (χ2n) is 6.14. The number of carbonyl (C=O) groups is 1. The van der Waals surface area contributed by atoms with Gasteiger partial charge in [-0.3, -0.25) is 9.79 Å². The monoisotopic (exact) mass is 462 g/mol. The predicted molar refractivity (Wildman–Crippen MR) is 111 cm³/mol. The Morgan fingerprint density at radius 3 is 2.64 bits per heavy atom. The Kier molecular flexibility index (Phi) is 11.3. The lowest BCUT2D eigenvalue weighted by atomic mass is 9.89. The fraction of sp³-hybridized carbons (Fsp3) is 0.667. The summed E-state index contributed by atoms with van der Waals surface area (Å²) in [5.74, 6) is 2.13. The van der Waals surface area contributed by atoms with Gasteiger partial charge < -0.3 is 20.4 Å². The van der Waals surface area contributed by atoms with Crippen molar-refractivity contribution in [3.63, 3.8) is 0 Å². The van der Waals surface area contributed by atoms with Crippen LogP contribution in [0, 0.1) is 5.92 Å². The Balaban J connectivity index is 0.00000312. The Hall–Kier alpha value is -1.25. The van der Waals surface area contributed by atoms with Gasteiger partial charge in [0.1, 0.15) is 5.76 Å². The third kappa shape index (κ3) is 8.60. The zero-order valence-electron chi connectivity index (χ0n) is 15.1. The van der Waals surface area contributed by atoms with E-state index in [2.05, 4.69) is 20.9 Å². The van der Waals surface area contributed by atoms with Gasteiger partial charge in [-0.25, -0.2) is 0 Å². The van der Waals surface area contributed by atoms with E-state index in [4.69, 9.17) is 4.42 Å². The molecule has 0 aromatic carbocycles. The molecule has 0 bridgehead atoms. The first-order chi connectivity index (χ1) is 11.8. The van der Waals surface area contributed by atoms with E-state index in [0.717, 1.165) is 37.5 Å². The smallest absolute Gasteiger partial charge is 0.223 e. The molecule has 3 N–H and O–H groups in total. The molecule has 0 radical (unpaired) electrons. The van der Waals surface area contributed by atoms with Crippen LogP contribution in [-0.2, 0) is 11.2 Å². The van der Waals surface area contributed by atoms with E-state index in [1.54, 1.807) is 6.26 Å². The number of hydrogen-bond acceptors (Lipinski definition) is 3. The Bertz CT molecular complexity index is 499. The van der Waals surface area contributed by atoms with Crippen LogP contribution in [0.3, 0.4) is 0 Å². The van der Waals surface area contributed by atoms with Crippen molar-refractivity contribution in [2.45, 2.75) is 45.4 Å². The third-order valence-electron chi connectivity index (χ3n) is 4.25. The van der Waals surface area contributed by atoms with Gasteiger partial charge in [-0.05, 0) is 31.9 Å². The number of aliphatic imine (C=N–C) groups is 1. The van der Waals surface area contributed by atoms with Crippen molar-refractivity contribution in [3.8, 4) is 0 Å². The molecule has 0 aliphatic heterocycles. The van der Waals surface area contributed by atoms with Gasteiger partial charge in [-0.15, -0.1) is 24.0 Å². The van der Waals surface area contributed by atoms with E-state index in [9.17, 15) is 4.79 Å². The van der Waals surface area contributed by atoms with Gasteiger partial charge >= 0.3 is 0 Å². The molecule has 1 fully saturated rings. The first-order valence-corrected chi connectivity index (χ1v) is 9.12. The zero-order chi connectivity index (χ0) is 17.0. The summed E-state index contributed by atoms with van der Waals surface area (Å²) >= 11 is 0.